The van der Waals surface area contributed by atoms with Gasteiger partial charge in [-0.15, -0.1) is 0 Å². The molecule has 13 heavy (non-hydrogen) atoms. The quantitative estimate of drug-likeness (QED) is 0.682. The Kier molecular flexibility index (Phi) is 3.74. The molecule has 0 aliphatic carbocycles. The first kappa shape index (κ1) is 9.49. The Balaban J connectivity index is 2.46. The number of nitrogens with zero attached hydrogens (tertiary/aromatic N) is 2. The molecule has 0 atom stereocenters. The fourth-order valence-electron chi connectivity index (χ4n) is 0.803. The van der Waals surface area contributed by atoms with E-state index in [1.54, 1.807) is 18.3 Å². The van der Waals surface area contributed by atoms with E-state index in [0.717, 1.165) is 6.54 Å². The van der Waals surface area contributed by atoms with Gasteiger partial charge in [-0.3, -0.25) is 0 Å². The number of aromatic nitrogens is 1. The van der Waals surface area contributed by atoms with Crippen LogP contribution < -0.4 is 10.1 Å². The number of pyridine rings is 1. The van der Waals surface area contributed by atoms with Gasteiger partial charge < -0.3 is 10.1 Å². The molecule has 1 N–H and O–H groups in total. The molecule has 0 radical (unpaired) electrons. The third-order valence-electron chi connectivity index (χ3n) is 1.47. The summed E-state index contributed by atoms with van der Waals surface area (Å²) in [6.45, 7) is 1.39. The van der Waals surface area contributed by atoms with Gasteiger partial charge in [0.2, 0.25) is 0 Å². The summed E-state index contributed by atoms with van der Waals surface area (Å²) in [5.74, 6) is 0.689. The Morgan fingerprint density at radius 3 is 3.00 bits per heavy atom. The minimum Gasteiger partial charge on any atom is -0.491 e. The van der Waals surface area contributed by atoms with Crippen LogP contribution >= 0.6 is 0 Å². The Hall–Kier alpha value is -1.60. The standard InChI is InChI=1S/C9H11N3O/c1-11-4-5-13-9-3-2-8(6-10)12-7-9/h2-3,7,11H,4-5H2,1H3. The van der Waals surface area contributed by atoms with Gasteiger partial charge in [-0.1, -0.05) is 0 Å². The van der Waals surface area contributed by atoms with E-state index < -0.39 is 0 Å². The molecular weight excluding hydrogens is 166 g/mol. The molecule has 0 amide bonds. The molecule has 0 aromatic carbocycles. The van der Waals surface area contributed by atoms with Crippen molar-refractivity contribution in [3.05, 3.63) is 24.0 Å². The molecule has 0 saturated carbocycles. The highest BCUT2D eigenvalue weighted by molar-refractivity contribution is 5.26. The molecule has 1 heterocycles. The maximum absolute atomic E-state index is 8.48. The number of likely N-dealkylation sites (N-methyl/N-ethyl adjacent to an activating group) is 1. The van der Waals surface area contributed by atoms with Gasteiger partial charge in [-0.05, 0) is 19.2 Å². The lowest BCUT2D eigenvalue weighted by atomic mass is 10.4. The van der Waals surface area contributed by atoms with Crippen LogP contribution in [-0.2, 0) is 0 Å². The van der Waals surface area contributed by atoms with Gasteiger partial charge in [0.15, 0.2) is 0 Å². The maximum atomic E-state index is 8.48. The van der Waals surface area contributed by atoms with E-state index in [1.807, 2.05) is 13.1 Å². The highest BCUT2D eigenvalue weighted by Crippen LogP contribution is 2.07. The van der Waals surface area contributed by atoms with Crippen LogP contribution in [0.15, 0.2) is 18.3 Å². The highest BCUT2D eigenvalue weighted by Gasteiger charge is 1.94. The van der Waals surface area contributed by atoms with Gasteiger partial charge in [0.25, 0.3) is 0 Å². The molecule has 1 aromatic rings. The summed E-state index contributed by atoms with van der Waals surface area (Å²) >= 11 is 0. The maximum Gasteiger partial charge on any atom is 0.140 e. The largest absolute Gasteiger partial charge is 0.491 e. The van der Waals surface area contributed by atoms with Crippen molar-refractivity contribution in [1.82, 2.24) is 10.3 Å². The molecule has 1 aromatic heterocycles. The second-order valence-electron chi connectivity index (χ2n) is 2.44. The van der Waals surface area contributed by atoms with E-state index >= 15 is 0 Å². The molecule has 0 spiro atoms. The molecule has 0 unspecified atom stereocenters. The minimum absolute atomic E-state index is 0.404. The lowest BCUT2D eigenvalue weighted by Crippen LogP contribution is -2.15. The summed E-state index contributed by atoms with van der Waals surface area (Å²) in [6.07, 6.45) is 1.55. The number of ether oxygens (including phenoxy) is 1. The van der Waals surface area contributed by atoms with Crippen molar-refractivity contribution in [2.75, 3.05) is 20.2 Å². The third-order valence-corrected chi connectivity index (χ3v) is 1.47. The second kappa shape index (κ2) is 5.12. The average molecular weight is 177 g/mol. The SMILES string of the molecule is CNCCOc1ccc(C#N)nc1. The van der Waals surface area contributed by atoms with Gasteiger partial charge >= 0.3 is 0 Å². The van der Waals surface area contributed by atoms with Crippen LogP contribution in [0.25, 0.3) is 0 Å². The van der Waals surface area contributed by atoms with E-state index in [-0.39, 0.29) is 0 Å². The lowest BCUT2D eigenvalue weighted by Gasteiger charge is -2.03. The van der Waals surface area contributed by atoms with Gasteiger partial charge in [-0.2, -0.15) is 5.26 Å². The average Bonchev–Trinajstić information content (AvgIpc) is 2.19. The van der Waals surface area contributed by atoms with E-state index in [0.29, 0.717) is 18.1 Å². The lowest BCUT2D eigenvalue weighted by molar-refractivity contribution is 0.317. The zero-order valence-corrected chi connectivity index (χ0v) is 7.45. The summed E-state index contributed by atoms with van der Waals surface area (Å²) in [5, 5.41) is 11.4. The zero-order valence-electron chi connectivity index (χ0n) is 7.45. The van der Waals surface area contributed by atoms with Crippen LogP contribution in [0.2, 0.25) is 0 Å². The molecule has 4 nitrogen and oxygen atoms in total. The number of nitrogens with one attached hydrogen (secondary N) is 1. The molecule has 0 fully saturated rings. The summed E-state index contributed by atoms with van der Waals surface area (Å²) in [5.41, 5.74) is 0.404. The monoisotopic (exact) mass is 177 g/mol. The smallest absolute Gasteiger partial charge is 0.140 e. The van der Waals surface area contributed by atoms with E-state index in [2.05, 4.69) is 10.3 Å². The highest BCUT2D eigenvalue weighted by atomic mass is 16.5. The third kappa shape index (κ3) is 3.09. The molecule has 0 aliphatic heterocycles. The Labute approximate surface area is 77.2 Å². The van der Waals surface area contributed by atoms with Crippen molar-refractivity contribution in [2.24, 2.45) is 0 Å². The van der Waals surface area contributed by atoms with Gasteiger partial charge in [0.05, 0.1) is 6.20 Å². The van der Waals surface area contributed by atoms with Crippen LogP contribution in [-0.4, -0.2) is 25.2 Å². The van der Waals surface area contributed by atoms with Crippen LogP contribution in [0, 0.1) is 11.3 Å². The van der Waals surface area contributed by atoms with Crippen molar-refractivity contribution in [3.63, 3.8) is 0 Å². The number of rotatable bonds is 4. The molecule has 0 aliphatic rings. The Bertz CT molecular complexity index is 289. The van der Waals surface area contributed by atoms with Crippen LogP contribution in [0.5, 0.6) is 5.75 Å². The minimum atomic E-state index is 0.404. The first-order valence-electron chi connectivity index (χ1n) is 4.00. The molecule has 0 saturated heterocycles. The number of hydrogen-bond acceptors (Lipinski definition) is 4. The van der Waals surface area contributed by atoms with Crippen molar-refractivity contribution in [1.29, 1.82) is 5.26 Å². The number of nitriles is 1. The Morgan fingerprint density at radius 2 is 2.46 bits per heavy atom. The van der Waals surface area contributed by atoms with Crippen LogP contribution in [0.3, 0.4) is 0 Å². The molecule has 4 heteroatoms. The molecule has 0 bridgehead atoms. The molecular formula is C9H11N3O. The fraction of sp³-hybridized carbons (Fsp3) is 0.333. The summed E-state index contributed by atoms with van der Waals surface area (Å²) < 4.78 is 5.31. The first-order chi connectivity index (χ1) is 6.36. The van der Waals surface area contributed by atoms with Crippen molar-refractivity contribution >= 4 is 0 Å². The summed E-state index contributed by atoms with van der Waals surface area (Å²) in [7, 11) is 1.86. The Morgan fingerprint density at radius 1 is 1.62 bits per heavy atom. The van der Waals surface area contributed by atoms with E-state index in [4.69, 9.17) is 10.00 Å². The van der Waals surface area contributed by atoms with Gasteiger partial charge in [0, 0.05) is 6.54 Å². The zero-order chi connectivity index (χ0) is 9.52. The molecule has 1 rings (SSSR count). The fourth-order valence-corrected chi connectivity index (χ4v) is 0.803. The van der Waals surface area contributed by atoms with E-state index in [9.17, 15) is 0 Å². The van der Waals surface area contributed by atoms with Crippen molar-refractivity contribution in [2.45, 2.75) is 0 Å². The second-order valence-corrected chi connectivity index (χ2v) is 2.44. The van der Waals surface area contributed by atoms with E-state index in [1.165, 1.54) is 0 Å². The summed E-state index contributed by atoms with van der Waals surface area (Å²) in [4.78, 5) is 3.87. The topological polar surface area (TPSA) is 57.9 Å². The van der Waals surface area contributed by atoms with Gasteiger partial charge in [-0.25, -0.2) is 4.98 Å². The van der Waals surface area contributed by atoms with Crippen LogP contribution in [0.1, 0.15) is 5.69 Å². The van der Waals surface area contributed by atoms with Crippen molar-refractivity contribution in [3.8, 4) is 11.8 Å². The summed E-state index contributed by atoms with van der Waals surface area (Å²) in [6, 6.07) is 5.31. The van der Waals surface area contributed by atoms with Crippen LogP contribution in [0.4, 0.5) is 0 Å². The predicted octanol–water partition coefficient (Wildman–Crippen LogP) is 0.551. The normalized spacial score (nSPS) is 9.23. The predicted molar refractivity (Wildman–Crippen MR) is 48.4 cm³/mol. The van der Waals surface area contributed by atoms with Crippen molar-refractivity contribution < 1.29 is 4.74 Å². The first-order valence-corrected chi connectivity index (χ1v) is 4.00. The number of hydrogen-bond donors (Lipinski definition) is 1. The molecule has 68 valence electrons. The van der Waals surface area contributed by atoms with Gasteiger partial charge in [0.1, 0.15) is 24.1 Å².